The molecule has 3 heterocycles. The summed E-state index contributed by atoms with van der Waals surface area (Å²) in [4.78, 5) is 32.0. The SMILES string of the molecule is Cc1cccc(C(=O)N2C[C@@H]3NC(=O)Cc4cccc(c4)Oc4cccc(c4)CO[C@H]3C2)n1. The molecule has 4 bridgehead atoms. The van der Waals surface area contributed by atoms with E-state index in [1.54, 1.807) is 11.0 Å². The van der Waals surface area contributed by atoms with E-state index in [1.165, 1.54) is 0 Å². The maximum absolute atomic E-state index is 13.1. The summed E-state index contributed by atoms with van der Waals surface area (Å²) in [6.07, 6.45) is -0.116. The largest absolute Gasteiger partial charge is 0.457 e. The Kier molecular flexibility index (Phi) is 5.79. The summed E-state index contributed by atoms with van der Waals surface area (Å²) in [6.45, 7) is 2.95. The first-order chi connectivity index (χ1) is 16.0. The van der Waals surface area contributed by atoms with Gasteiger partial charge in [-0.05, 0) is 54.4 Å². The van der Waals surface area contributed by atoms with E-state index in [9.17, 15) is 9.59 Å². The van der Waals surface area contributed by atoms with Crippen LogP contribution < -0.4 is 10.1 Å². The lowest BCUT2D eigenvalue weighted by Crippen LogP contribution is -2.44. The summed E-state index contributed by atoms with van der Waals surface area (Å²) in [7, 11) is 0. The van der Waals surface area contributed by atoms with E-state index in [-0.39, 0.29) is 30.4 Å². The third kappa shape index (κ3) is 4.88. The van der Waals surface area contributed by atoms with E-state index >= 15 is 0 Å². The number of nitrogens with zero attached hydrogens (tertiary/aromatic N) is 2. The number of likely N-dealkylation sites (tertiary alicyclic amines) is 1. The number of pyridine rings is 1. The van der Waals surface area contributed by atoms with Gasteiger partial charge in [0.25, 0.3) is 5.91 Å². The van der Waals surface area contributed by atoms with Gasteiger partial charge in [-0.15, -0.1) is 0 Å². The van der Waals surface area contributed by atoms with E-state index in [4.69, 9.17) is 9.47 Å². The van der Waals surface area contributed by atoms with Gasteiger partial charge >= 0.3 is 0 Å². The molecule has 3 aromatic rings. The Bertz CT molecular complexity index is 1200. The monoisotopic (exact) mass is 443 g/mol. The second-order valence-electron chi connectivity index (χ2n) is 8.47. The number of aromatic nitrogens is 1. The number of carbonyl (C=O) groups excluding carboxylic acids is 2. The molecule has 1 aromatic heterocycles. The Morgan fingerprint density at radius 3 is 2.52 bits per heavy atom. The van der Waals surface area contributed by atoms with Gasteiger partial charge < -0.3 is 19.7 Å². The minimum absolute atomic E-state index is 0.121. The molecule has 0 spiro atoms. The first-order valence-corrected chi connectivity index (χ1v) is 11.0. The number of carbonyl (C=O) groups is 2. The normalized spacial score (nSPS) is 20.3. The maximum Gasteiger partial charge on any atom is 0.272 e. The second-order valence-corrected chi connectivity index (χ2v) is 8.47. The Balaban J connectivity index is 1.41. The van der Waals surface area contributed by atoms with E-state index in [1.807, 2.05) is 67.6 Å². The zero-order chi connectivity index (χ0) is 22.8. The van der Waals surface area contributed by atoms with E-state index < -0.39 is 0 Å². The highest BCUT2D eigenvalue weighted by molar-refractivity contribution is 5.92. The van der Waals surface area contributed by atoms with E-state index in [0.29, 0.717) is 36.9 Å². The predicted molar refractivity (Wildman–Crippen MR) is 122 cm³/mol. The second kappa shape index (κ2) is 9.03. The molecule has 1 fully saturated rings. The van der Waals surface area contributed by atoms with Crippen LogP contribution in [0.4, 0.5) is 0 Å². The van der Waals surface area contributed by atoms with Crippen molar-refractivity contribution in [2.24, 2.45) is 0 Å². The Hall–Kier alpha value is -3.71. The molecule has 0 unspecified atom stereocenters. The van der Waals surface area contributed by atoms with Gasteiger partial charge in [0.05, 0.1) is 25.2 Å². The molecule has 1 N–H and O–H groups in total. The Morgan fingerprint density at radius 2 is 1.73 bits per heavy atom. The van der Waals surface area contributed by atoms with Gasteiger partial charge in [-0.2, -0.15) is 0 Å². The number of benzene rings is 2. The third-order valence-corrected chi connectivity index (χ3v) is 5.87. The molecule has 2 amide bonds. The number of hydrogen-bond donors (Lipinski definition) is 1. The summed E-state index contributed by atoms with van der Waals surface area (Å²) in [5.74, 6) is 1.10. The number of nitrogens with one attached hydrogen (secondary N) is 1. The van der Waals surface area contributed by atoms with Gasteiger partial charge in [0.2, 0.25) is 5.91 Å². The fraction of sp³-hybridized carbons (Fsp3) is 0.269. The van der Waals surface area contributed by atoms with Crippen molar-refractivity contribution in [1.82, 2.24) is 15.2 Å². The molecule has 7 nitrogen and oxygen atoms in total. The van der Waals surface area contributed by atoms with Crippen molar-refractivity contribution in [2.75, 3.05) is 13.1 Å². The van der Waals surface area contributed by atoms with Crippen LogP contribution in [0.5, 0.6) is 11.5 Å². The van der Waals surface area contributed by atoms with Gasteiger partial charge in [0.1, 0.15) is 17.2 Å². The van der Waals surface area contributed by atoms with Gasteiger partial charge in [0.15, 0.2) is 0 Å². The fourth-order valence-corrected chi connectivity index (χ4v) is 4.27. The van der Waals surface area contributed by atoms with Gasteiger partial charge in [0, 0.05) is 18.8 Å². The molecule has 33 heavy (non-hydrogen) atoms. The summed E-state index contributed by atoms with van der Waals surface area (Å²) in [5.41, 5.74) is 2.99. The van der Waals surface area contributed by atoms with Gasteiger partial charge in [-0.3, -0.25) is 9.59 Å². The molecule has 2 aliphatic rings. The van der Waals surface area contributed by atoms with Crippen LogP contribution in [0.15, 0.2) is 66.7 Å². The van der Waals surface area contributed by atoms with Crippen LogP contribution in [-0.4, -0.2) is 46.9 Å². The van der Waals surface area contributed by atoms with Crippen LogP contribution >= 0.6 is 0 Å². The van der Waals surface area contributed by atoms with E-state index in [0.717, 1.165) is 16.8 Å². The Morgan fingerprint density at radius 1 is 1.00 bits per heavy atom. The van der Waals surface area contributed by atoms with Crippen LogP contribution in [0.2, 0.25) is 0 Å². The molecular formula is C26H25N3O4. The van der Waals surface area contributed by atoms with Crippen molar-refractivity contribution in [1.29, 1.82) is 0 Å². The van der Waals surface area contributed by atoms with Crippen LogP contribution in [0.1, 0.15) is 27.3 Å². The maximum atomic E-state index is 13.1. The minimum atomic E-state index is -0.332. The fourth-order valence-electron chi connectivity index (χ4n) is 4.27. The lowest BCUT2D eigenvalue weighted by molar-refractivity contribution is -0.122. The highest BCUT2D eigenvalue weighted by Gasteiger charge is 2.37. The van der Waals surface area contributed by atoms with Crippen LogP contribution in [-0.2, 0) is 22.6 Å². The van der Waals surface area contributed by atoms with Crippen molar-refractivity contribution < 1.29 is 19.1 Å². The third-order valence-electron chi connectivity index (χ3n) is 5.87. The Labute approximate surface area is 192 Å². The number of hydrogen-bond acceptors (Lipinski definition) is 5. The van der Waals surface area contributed by atoms with E-state index in [2.05, 4.69) is 10.3 Å². The highest BCUT2D eigenvalue weighted by atomic mass is 16.5. The topological polar surface area (TPSA) is 80.8 Å². The average Bonchev–Trinajstić information content (AvgIpc) is 3.19. The smallest absolute Gasteiger partial charge is 0.272 e. The molecule has 2 aliphatic heterocycles. The van der Waals surface area contributed by atoms with Crippen molar-refractivity contribution in [3.63, 3.8) is 0 Å². The quantitative estimate of drug-likeness (QED) is 0.624. The molecule has 2 aromatic carbocycles. The van der Waals surface area contributed by atoms with Crippen LogP contribution in [0.25, 0.3) is 0 Å². The van der Waals surface area contributed by atoms with Crippen molar-refractivity contribution in [2.45, 2.75) is 32.1 Å². The zero-order valence-electron chi connectivity index (χ0n) is 18.4. The number of rotatable bonds is 1. The summed E-state index contributed by atoms with van der Waals surface area (Å²) >= 11 is 0. The molecule has 0 saturated carbocycles. The first kappa shape index (κ1) is 21.2. The average molecular weight is 444 g/mol. The lowest BCUT2D eigenvalue weighted by Gasteiger charge is -2.21. The van der Waals surface area contributed by atoms with Gasteiger partial charge in [-0.25, -0.2) is 4.98 Å². The number of aryl methyl sites for hydroxylation is 1. The molecule has 168 valence electrons. The summed E-state index contributed by atoms with van der Waals surface area (Å²) in [6, 6.07) is 20.3. The highest BCUT2D eigenvalue weighted by Crippen LogP contribution is 2.25. The van der Waals surface area contributed by atoms with Crippen LogP contribution in [0.3, 0.4) is 0 Å². The molecule has 2 atom stereocenters. The first-order valence-electron chi connectivity index (χ1n) is 11.0. The molecule has 0 aliphatic carbocycles. The number of fused-ring (bicyclic) bond motifs is 5. The molecule has 1 saturated heterocycles. The summed E-state index contributed by atoms with van der Waals surface area (Å²) < 4.78 is 12.2. The number of ether oxygens (including phenoxy) is 2. The van der Waals surface area contributed by atoms with Crippen molar-refractivity contribution in [3.8, 4) is 11.5 Å². The minimum Gasteiger partial charge on any atom is -0.457 e. The van der Waals surface area contributed by atoms with Gasteiger partial charge in [-0.1, -0.05) is 30.3 Å². The molecule has 0 radical (unpaired) electrons. The molecular weight excluding hydrogens is 418 g/mol. The zero-order valence-corrected chi connectivity index (χ0v) is 18.4. The van der Waals surface area contributed by atoms with Crippen molar-refractivity contribution >= 4 is 11.8 Å². The van der Waals surface area contributed by atoms with Crippen molar-refractivity contribution in [3.05, 3.63) is 89.2 Å². The molecule has 5 rings (SSSR count). The summed E-state index contributed by atoms with van der Waals surface area (Å²) in [5, 5.41) is 3.08. The molecule has 7 heteroatoms. The lowest BCUT2D eigenvalue weighted by atomic mass is 10.1. The van der Waals surface area contributed by atoms with Crippen LogP contribution in [0, 0.1) is 6.92 Å². The number of amides is 2. The standard InChI is InChI=1S/C26H25N3O4/c1-17-5-2-10-22(27-17)26(31)29-14-23-24(15-29)32-16-19-7-4-9-21(12-19)33-20-8-3-6-18(11-20)13-25(30)28-23/h2-12,23-24H,13-16H2,1H3,(H,28,30)/t23-,24-/m0/s1. The predicted octanol–water partition coefficient (Wildman–Crippen LogP) is 3.26.